The van der Waals surface area contributed by atoms with Crippen LogP contribution in [0.1, 0.15) is 16.1 Å². The molecular formula is C22H20Cl2N4O2S. The maximum atomic E-state index is 12.7. The highest BCUT2D eigenvalue weighted by atomic mass is 35.5. The number of nitrogens with zero attached hydrogens (tertiary/aromatic N) is 3. The Balaban J connectivity index is 1.30. The Morgan fingerprint density at radius 3 is 2.42 bits per heavy atom. The number of piperazine rings is 1. The van der Waals surface area contributed by atoms with E-state index in [-0.39, 0.29) is 18.2 Å². The number of anilines is 2. The number of rotatable bonds is 5. The zero-order valence-corrected chi connectivity index (χ0v) is 18.9. The van der Waals surface area contributed by atoms with Crippen LogP contribution in [-0.2, 0) is 11.2 Å². The van der Waals surface area contributed by atoms with E-state index >= 15 is 0 Å². The van der Waals surface area contributed by atoms with Crippen molar-refractivity contribution >= 4 is 57.2 Å². The lowest BCUT2D eigenvalue weighted by Gasteiger charge is -2.36. The van der Waals surface area contributed by atoms with Crippen molar-refractivity contribution in [1.29, 1.82) is 0 Å². The number of amides is 2. The standard InChI is InChI=1S/C22H20Cl2N4O2S/c23-16-7-5-15(6-8-16)21(30)26-22-25-17(14-31-22)13-20(29)28-11-9-27(10-12-28)19-4-2-1-3-18(19)24/h1-8,14H,9-13H2,(H,25,26,30). The third-order valence-electron chi connectivity index (χ3n) is 5.04. The first-order chi connectivity index (χ1) is 15.0. The van der Waals surface area contributed by atoms with Gasteiger partial charge in [0.05, 0.1) is 22.8 Å². The zero-order chi connectivity index (χ0) is 21.8. The molecule has 0 aliphatic carbocycles. The van der Waals surface area contributed by atoms with Crippen LogP contribution in [0.4, 0.5) is 10.8 Å². The van der Waals surface area contributed by atoms with E-state index in [0.717, 1.165) is 23.8 Å². The second-order valence-electron chi connectivity index (χ2n) is 7.10. The molecule has 0 bridgehead atoms. The number of para-hydroxylation sites is 1. The van der Waals surface area contributed by atoms with Crippen LogP contribution >= 0.6 is 34.5 Å². The van der Waals surface area contributed by atoms with E-state index in [1.54, 1.807) is 29.6 Å². The van der Waals surface area contributed by atoms with E-state index in [1.807, 2.05) is 29.2 Å². The molecule has 1 saturated heterocycles. The van der Waals surface area contributed by atoms with Gasteiger partial charge in [0.15, 0.2) is 5.13 Å². The molecule has 2 heterocycles. The molecule has 1 aliphatic heterocycles. The molecule has 1 aliphatic rings. The van der Waals surface area contributed by atoms with Crippen LogP contribution in [0.25, 0.3) is 0 Å². The number of thiazole rings is 1. The van der Waals surface area contributed by atoms with Crippen LogP contribution in [0.3, 0.4) is 0 Å². The smallest absolute Gasteiger partial charge is 0.257 e. The van der Waals surface area contributed by atoms with Crippen LogP contribution in [0, 0.1) is 0 Å². The van der Waals surface area contributed by atoms with Crippen molar-refractivity contribution in [2.75, 3.05) is 36.4 Å². The summed E-state index contributed by atoms with van der Waals surface area (Å²) < 4.78 is 0. The van der Waals surface area contributed by atoms with Crippen molar-refractivity contribution in [2.45, 2.75) is 6.42 Å². The monoisotopic (exact) mass is 474 g/mol. The lowest BCUT2D eigenvalue weighted by molar-refractivity contribution is -0.130. The molecule has 2 aromatic carbocycles. The van der Waals surface area contributed by atoms with E-state index in [9.17, 15) is 9.59 Å². The summed E-state index contributed by atoms with van der Waals surface area (Å²) >= 11 is 13.4. The summed E-state index contributed by atoms with van der Waals surface area (Å²) in [6, 6.07) is 14.4. The van der Waals surface area contributed by atoms with Crippen molar-refractivity contribution in [2.24, 2.45) is 0 Å². The fourth-order valence-electron chi connectivity index (χ4n) is 3.39. The summed E-state index contributed by atoms with van der Waals surface area (Å²) in [5.41, 5.74) is 2.14. The van der Waals surface area contributed by atoms with Crippen molar-refractivity contribution in [3.8, 4) is 0 Å². The van der Waals surface area contributed by atoms with E-state index in [1.165, 1.54) is 11.3 Å². The molecule has 0 spiro atoms. The van der Waals surface area contributed by atoms with Gasteiger partial charge in [-0.15, -0.1) is 11.3 Å². The molecule has 1 fully saturated rings. The first kappa shape index (κ1) is 21.6. The van der Waals surface area contributed by atoms with Crippen LogP contribution in [-0.4, -0.2) is 47.9 Å². The molecule has 0 atom stereocenters. The minimum Gasteiger partial charge on any atom is -0.367 e. The van der Waals surface area contributed by atoms with Gasteiger partial charge in [0.2, 0.25) is 5.91 Å². The third kappa shape index (κ3) is 5.36. The molecule has 160 valence electrons. The summed E-state index contributed by atoms with van der Waals surface area (Å²) in [6.45, 7) is 2.73. The number of halogens is 2. The second-order valence-corrected chi connectivity index (χ2v) is 8.80. The normalized spacial score (nSPS) is 13.9. The largest absolute Gasteiger partial charge is 0.367 e. The Morgan fingerprint density at radius 2 is 1.71 bits per heavy atom. The van der Waals surface area contributed by atoms with Gasteiger partial charge in [-0.1, -0.05) is 35.3 Å². The molecule has 0 radical (unpaired) electrons. The number of benzene rings is 2. The number of hydrogen-bond acceptors (Lipinski definition) is 5. The predicted molar refractivity (Wildman–Crippen MR) is 125 cm³/mol. The molecule has 9 heteroatoms. The fraction of sp³-hybridized carbons (Fsp3) is 0.227. The summed E-state index contributed by atoms with van der Waals surface area (Å²) in [7, 11) is 0. The number of aromatic nitrogens is 1. The van der Waals surface area contributed by atoms with Crippen LogP contribution in [0.15, 0.2) is 53.9 Å². The van der Waals surface area contributed by atoms with Crippen LogP contribution in [0.2, 0.25) is 10.0 Å². The highest BCUT2D eigenvalue weighted by Crippen LogP contribution is 2.26. The average Bonchev–Trinajstić information content (AvgIpc) is 3.21. The topological polar surface area (TPSA) is 65.5 Å². The van der Waals surface area contributed by atoms with Crippen LogP contribution in [0.5, 0.6) is 0 Å². The van der Waals surface area contributed by atoms with Gasteiger partial charge < -0.3 is 9.80 Å². The number of nitrogens with one attached hydrogen (secondary N) is 1. The summed E-state index contributed by atoms with van der Waals surface area (Å²) in [6.07, 6.45) is 0.208. The van der Waals surface area contributed by atoms with Gasteiger partial charge in [-0.3, -0.25) is 14.9 Å². The quantitative estimate of drug-likeness (QED) is 0.586. The molecule has 1 aromatic heterocycles. The molecule has 0 saturated carbocycles. The molecule has 6 nitrogen and oxygen atoms in total. The molecule has 1 N–H and O–H groups in total. The Morgan fingerprint density at radius 1 is 1.00 bits per heavy atom. The second kappa shape index (κ2) is 9.68. The molecule has 31 heavy (non-hydrogen) atoms. The molecule has 0 unspecified atom stereocenters. The maximum absolute atomic E-state index is 12.7. The fourth-order valence-corrected chi connectivity index (χ4v) is 4.47. The Kier molecular flexibility index (Phi) is 6.75. The first-order valence-corrected chi connectivity index (χ1v) is 11.4. The lowest BCUT2D eigenvalue weighted by atomic mass is 10.2. The van der Waals surface area contributed by atoms with Crippen molar-refractivity contribution in [3.63, 3.8) is 0 Å². The zero-order valence-electron chi connectivity index (χ0n) is 16.6. The summed E-state index contributed by atoms with van der Waals surface area (Å²) in [5.74, 6) is -0.237. The van der Waals surface area contributed by atoms with Gasteiger partial charge in [-0.2, -0.15) is 0 Å². The number of carbonyl (C=O) groups excluding carboxylic acids is 2. The van der Waals surface area contributed by atoms with Gasteiger partial charge in [0, 0.05) is 42.1 Å². The molecule has 3 aromatic rings. The van der Waals surface area contributed by atoms with Gasteiger partial charge in [-0.05, 0) is 36.4 Å². The molecule has 2 amide bonds. The third-order valence-corrected chi connectivity index (χ3v) is 6.41. The number of carbonyl (C=O) groups is 2. The molecular weight excluding hydrogens is 455 g/mol. The molecule has 4 rings (SSSR count). The maximum Gasteiger partial charge on any atom is 0.257 e. The minimum absolute atomic E-state index is 0.0275. The van der Waals surface area contributed by atoms with Crippen molar-refractivity contribution < 1.29 is 9.59 Å². The van der Waals surface area contributed by atoms with E-state index in [4.69, 9.17) is 23.2 Å². The lowest BCUT2D eigenvalue weighted by Crippen LogP contribution is -2.49. The Labute approximate surface area is 194 Å². The van der Waals surface area contributed by atoms with E-state index in [0.29, 0.717) is 34.5 Å². The van der Waals surface area contributed by atoms with Gasteiger partial charge >= 0.3 is 0 Å². The highest BCUT2D eigenvalue weighted by molar-refractivity contribution is 7.14. The van der Waals surface area contributed by atoms with Gasteiger partial charge in [-0.25, -0.2) is 4.98 Å². The van der Waals surface area contributed by atoms with E-state index < -0.39 is 0 Å². The van der Waals surface area contributed by atoms with Gasteiger partial charge in [0.1, 0.15) is 0 Å². The van der Waals surface area contributed by atoms with Crippen molar-refractivity contribution in [1.82, 2.24) is 9.88 Å². The number of hydrogen-bond donors (Lipinski definition) is 1. The Hall–Kier alpha value is -2.61. The Bertz CT molecular complexity index is 1080. The average molecular weight is 475 g/mol. The van der Waals surface area contributed by atoms with Crippen molar-refractivity contribution in [3.05, 3.63) is 75.2 Å². The summed E-state index contributed by atoms with van der Waals surface area (Å²) in [5, 5.41) is 6.32. The van der Waals surface area contributed by atoms with Gasteiger partial charge in [0.25, 0.3) is 5.91 Å². The van der Waals surface area contributed by atoms with E-state index in [2.05, 4.69) is 15.2 Å². The predicted octanol–water partition coefficient (Wildman–Crippen LogP) is 4.59. The first-order valence-electron chi connectivity index (χ1n) is 9.78. The summed E-state index contributed by atoms with van der Waals surface area (Å²) in [4.78, 5) is 33.4. The highest BCUT2D eigenvalue weighted by Gasteiger charge is 2.23. The SMILES string of the molecule is O=C(Nc1nc(CC(=O)N2CCN(c3ccccc3Cl)CC2)cs1)c1ccc(Cl)cc1. The minimum atomic E-state index is -0.264. The van der Waals surface area contributed by atoms with Crippen LogP contribution < -0.4 is 10.2 Å².